The van der Waals surface area contributed by atoms with E-state index in [9.17, 15) is 10.1 Å². The average molecular weight is 234 g/mol. The van der Waals surface area contributed by atoms with Crippen LogP contribution in [0.4, 0.5) is 11.4 Å². The molecule has 1 aromatic carbocycles. The van der Waals surface area contributed by atoms with E-state index in [0.717, 1.165) is 5.69 Å². The largest absolute Gasteiger partial charge is 0.380 e. The minimum Gasteiger partial charge on any atom is -0.380 e. The summed E-state index contributed by atoms with van der Waals surface area (Å²) < 4.78 is 0. The highest BCUT2D eigenvalue weighted by Crippen LogP contribution is 2.18. The smallest absolute Gasteiger partial charge is 0.271 e. The van der Waals surface area contributed by atoms with Gasteiger partial charge < -0.3 is 5.32 Å². The summed E-state index contributed by atoms with van der Waals surface area (Å²) in [6, 6.07) is 10.5. The van der Waals surface area contributed by atoms with Crippen LogP contribution >= 0.6 is 11.3 Å². The number of thiophene rings is 1. The number of nitrogens with zero attached hydrogens (tertiary/aromatic N) is 1. The molecule has 0 aliphatic carbocycles. The van der Waals surface area contributed by atoms with Crippen LogP contribution in [-0.2, 0) is 6.54 Å². The second kappa shape index (κ2) is 4.76. The van der Waals surface area contributed by atoms with Crippen LogP contribution in [0.25, 0.3) is 0 Å². The summed E-state index contributed by atoms with van der Waals surface area (Å²) in [5, 5.41) is 15.7. The Hall–Kier alpha value is -1.88. The van der Waals surface area contributed by atoms with Gasteiger partial charge in [-0.2, -0.15) is 0 Å². The molecular weight excluding hydrogens is 224 g/mol. The second-order valence-corrected chi connectivity index (χ2v) is 4.27. The van der Waals surface area contributed by atoms with Crippen LogP contribution in [0.15, 0.2) is 41.8 Å². The number of benzene rings is 1. The highest BCUT2D eigenvalue weighted by Gasteiger charge is 2.05. The number of anilines is 1. The Kier molecular flexibility index (Phi) is 3.16. The van der Waals surface area contributed by atoms with Crippen molar-refractivity contribution in [3.63, 3.8) is 0 Å². The number of nitrogens with one attached hydrogen (secondary N) is 1. The predicted octanol–water partition coefficient (Wildman–Crippen LogP) is 3.27. The lowest BCUT2D eigenvalue weighted by atomic mass is 10.3. The first-order valence-corrected chi connectivity index (χ1v) is 5.64. The van der Waals surface area contributed by atoms with Gasteiger partial charge in [-0.15, -0.1) is 11.3 Å². The van der Waals surface area contributed by atoms with Crippen LogP contribution in [0.5, 0.6) is 0 Å². The van der Waals surface area contributed by atoms with E-state index in [1.807, 2.05) is 23.6 Å². The molecule has 0 aliphatic heterocycles. The van der Waals surface area contributed by atoms with Gasteiger partial charge in [-0.25, -0.2) is 0 Å². The standard InChI is InChI=1S/C11H10N2O2S/c14-13(15)10-4-1-3-9(7-10)12-8-11-5-2-6-16-11/h1-7,12H,8H2. The number of nitro groups is 1. The molecule has 0 aliphatic rings. The fourth-order valence-electron chi connectivity index (χ4n) is 1.33. The van der Waals surface area contributed by atoms with Crippen molar-refractivity contribution in [3.8, 4) is 0 Å². The lowest BCUT2D eigenvalue weighted by Crippen LogP contribution is -1.98. The van der Waals surface area contributed by atoms with Gasteiger partial charge in [-0.1, -0.05) is 12.1 Å². The van der Waals surface area contributed by atoms with Gasteiger partial charge in [0.05, 0.1) is 4.92 Å². The fraction of sp³-hybridized carbons (Fsp3) is 0.0909. The van der Waals surface area contributed by atoms with Gasteiger partial charge in [-0.05, 0) is 17.5 Å². The molecule has 2 rings (SSSR count). The molecule has 0 atom stereocenters. The Balaban J connectivity index is 2.04. The molecule has 1 aromatic heterocycles. The van der Waals surface area contributed by atoms with Gasteiger partial charge >= 0.3 is 0 Å². The normalized spacial score (nSPS) is 10.0. The second-order valence-electron chi connectivity index (χ2n) is 3.24. The molecule has 0 radical (unpaired) electrons. The van der Waals surface area contributed by atoms with Crippen molar-refractivity contribution in [2.24, 2.45) is 0 Å². The molecule has 0 saturated carbocycles. The highest BCUT2D eigenvalue weighted by molar-refractivity contribution is 7.09. The lowest BCUT2D eigenvalue weighted by Gasteiger charge is -2.03. The van der Waals surface area contributed by atoms with Crippen molar-refractivity contribution in [2.75, 3.05) is 5.32 Å². The van der Waals surface area contributed by atoms with Gasteiger partial charge in [0.25, 0.3) is 5.69 Å². The Morgan fingerprint density at radius 2 is 2.19 bits per heavy atom. The summed E-state index contributed by atoms with van der Waals surface area (Å²) in [7, 11) is 0. The maximum Gasteiger partial charge on any atom is 0.271 e. The van der Waals surface area contributed by atoms with Crippen molar-refractivity contribution in [2.45, 2.75) is 6.54 Å². The lowest BCUT2D eigenvalue weighted by molar-refractivity contribution is -0.384. The van der Waals surface area contributed by atoms with Crippen LogP contribution in [0.2, 0.25) is 0 Å². The topological polar surface area (TPSA) is 55.2 Å². The molecule has 1 N–H and O–H groups in total. The average Bonchev–Trinajstić information content (AvgIpc) is 2.79. The number of non-ortho nitro benzene ring substituents is 1. The van der Waals surface area contributed by atoms with E-state index in [-0.39, 0.29) is 5.69 Å². The van der Waals surface area contributed by atoms with Crippen LogP contribution < -0.4 is 5.32 Å². The summed E-state index contributed by atoms with van der Waals surface area (Å²) >= 11 is 1.66. The summed E-state index contributed by atoms with van der Waals surface area (Å²) in [6.45, 7) is 0.693. The molecular formula is C11H10N2O2S. The Morgan fingerprint density at radius 3 is 2.88 bits per heavy atom. The molecule has 0 bridgehead atoms. The zero-order valence-electron chi connectivity index (χ0n) is 8.42. The first-order chi connectivity index (χ1) is 7.75. The summed E-state index contributed by atoms with van der Waals surface area (Å²) in [5.74, 6) is 0. The third-order valence-electron chi connectivity index (χ3n) is 2.10. The van der Waals surface area contributed by atoms with E-state index in [1.54, 1.807) is 17.4 Å². The quantitative estimate of drug-likeness (QED) is 0.652. The predicted molar refractivity (Wildman–Crippen MR) is 64.7 cm³/mol. The number of nitro benzene ring substituents is 1. The monoisotopic (exact) mass is 234 g/mol. The van der Waals surface area contributed by atoms with Gasteiger partial charge in [-0.3, -0.25) is 10.1 Å². The molecule has 82 valence electrons. The van der Waals surface area contributed by atoms with E-state index in [0.29, 0.717) is 6.54 Å². The Labute approximate surface area is 96.7 Å². The maximum atomic E-state index is 10.6. The molecule has 0 saturated heterocycles. The SMILES string of the molecule is O=[N+]([O-])c1cccc(NCc2cccs2)c1. The number of rotatable bonds is 4. The van der Waals surface area contributed by atoms with E-state index >= 15 is 0 Å². The minimum atomic E-state index is -0.393. The minimum absolute atomic E-state index is 0.108. The van der Waals surface area contributed by atoms with Crippen molar-refractivity contribution < 1.29 is 4.92 Å². The van der Waals surface area contributed by atoms with E-state index < -0.39 is 4.92 Å². The summed E-state index contributed by atoms with van der Waals surface area (Å²) in [6.07, 6.45) is 0. The third-order valence-corrected chi connectivity index (χ3v) is 2.98. The van der Waals surface area contributed by atoms with Crippen LogP contribution in [0.1, 0.15) is 4.88 Å². The number of hydrogen-bond donors (Lipinski definition) is 1. The Bertz CT molecular complexity index is 482. The van der Waals surface area contributed by atoms with Crippen LogP contribution in [-0.4, -0.2) is 4.92 Å². The zero-order chi connectivity index (χ0) is 11.4. The van der Waals surface area contributed by atoms with Crippen molar-refractivity contribution in [1.82, 2.24) is 0 Å². The zero-order valence-corrected chi connectivity index (χ0v) is 9.24. The van der Waals surface area contributed by atoms with E-state index in [2.05, 4.69) is 5.32 Å². The fourth-order valence-corrected chi connectivity index (χ4v) is 1.98. The molecule has 0 unspecified atom stereocenters. The third kappa shape index (κ3) is 2.58. The summed E-state index contributed by atoms with van der Waals surface area (Å²) in [4.78, 5) is 11.4. The molecule has 16 heavy (non-hydrogen) atoms. The van der Waals surface area contributed by atoms with Crippen molar-refractivity contribution in [3.05, 3.63) is 56.8 Å². The Morgan fingerprint density at radius 1 is 1.31 bits per heavy atom. The van der Waals surface area contributed by atoms with E-state index in [1.165, 1.54) is 17.0 Å². The first-order valence-electron chi connectivity index (χ1n) is 4.76. The number of hydrogen-bond acceptors (Lipinski definition) is 4. The van der Waals surface area contributed by atoms with Crippen LogP contribution in [0.3, 0.4) is 0 Å². The molecule has 4 nitrogen and oxygen atoms in total. The van der Waals surface area contributed by atoms with E-state index in [4.69, 9.17) is 0 Å². The highest BCUT2D eigenvalue weighted by atomic mass is 32.1. The maximum absolute atomic E-state index is 10.6. The molecule has 0 amide bonds. The molecule has 0 spiro atoms. The van der Waals surface area contributed by atoms with Gasteiger partial charge in [0.15, 0.2) is 0 Å². The van der Waals surface area contributed by atoms with Gasteiger partial charge in [0, 0.05) is 29.2 Å². The van der Waals surface area contributed by atoms with Crippen LogP contribution in [0, 0.1) is 10.1 Å². The molecule has 0 fully saturated rings. The molecule has 2 aromatic rings. The van der Waals surface area contributed by atoms with Gasteiger partial charge in [0.2, 0.25) is 0 Å². The first kappa shape index (κ1) is 10.6. The summed E-state index contributed by atoms with van der Waals surface area (Å²) in [5.41, 5.74) is 0.874. The van der Waals surface area contributed by atoms with Crippen molar-refractivity contribution >= 4 is 22.7 Å². The molecule has 1 heterocycles. The van der Waals surface area contributed by atoms with Crippen molar-refractivity contribution in [1.29, 1.82) is 0 Å². The molecule has 5 heteroatoms. The van der Waals surface area contributed by atoms with Gasteiger partial charge in [0.1, 0.15) is 0 Å².